The van der Waals surface area contributed by atoms with Gasteiger partial charge in [0.2, 0.25) is 0 Å². The first-order valence-corrected chi connectivity index (χ1v) is 10.9. The molecule has 10 nitrogen and oxygen atoms in total. The average Bonchev–Trinajstić information content (AvgIpc) is 3.16. The first-order chi connectivity index (χ1) is 15.0. The molecular formula is C21H29N7O3. The zero-order valence-electron chi connectivity index (χ0n) is 18.0. The second-order valence-corrected chi connectivity index (χ2v) is 8.96. The summed E-state index contributed by atoms with van der Waals surface area (Å²) in [5.41, 5.74) is 2.81. The SMILES string of the molecule is COCc1cc2n(n1)CCN=C2Nc1cc([C@H]2CC[C@@H](OC(=O)NC3(C)CC3)C2)[nH]n1. The molecule has 0 aromatic carbocycles. The number of amidine groups is 1. The van der Waals surface area contributed by atoms with Gasteiger partial charge in [0.1, 0.15) is 11.8 Å². The number of H-pyrrole nitrogens is 1. The van der Waals surface area contributed by atoms with E-state index >= 15 is 0 Å². The molecule has 0 radical (unpaired) electrons. The summed E-state index contributed by atoms with van der Waals surface area (Å²) in [5.74, 6) is 1.78. The number of amides is 1. The molecule has 2 aromatic rings. The zero-order valence-corrected chi connectivity index (χ0v) is 18.0. The molecule has 10 heteroatoms. The van der Waals surface area contributed by atoms with Gasteiger partial charge in [0.25, 0.3) is 0 Å². The molecule has 2 aromatic heterocycles. The number of fused-ring (bicyclic) bond motifs is 1. The lowest BCUT2D eigenvalue weighted by Crippen LogP contribution is -2.36. The van der Waals surface area contributed by atoms with E-state index in [0.717, 1.165) is 67.4 Å². The van der Waals surface area contributed by atoms with Crippen LogP contribution in [-0.4, -0.2) is 57.2 Å². The maximum absolute atomic E-state index is 12.1. The van der Waals surface area contributed by atoms with Crippen molar-refractivity contribution in [2.75, 3.05) is 19.0 Å². The fourth-order valence-electron chi connectivity index (χ4n) is 4.29. The highest BCUT2D eigenvalue weighted by atomic mass is 16.6. The molecule has 0 saturated heterocycles. The van der Waals surface area contributed by atoms with E-state index in [4.69, 9.17) is 9.47 Å². The molecule has 0 spiro atoms. The van der Waals surface area contributed by atoms with E-state index in [9.17, 15) is 4.79 Å². The Morgan fingerprint density at radius 2 is 2.23 bits per heavy atom. The van der Waals surface area contributed by atoms with E-state index in [1.54, 1.807) is 7.11 Å². The largest absolute Gasteiger partial charge is 0.446 e. The molecule has 3 heterocycles. The molecule has 2 atom stereocenters. The summed E-state index contributed by atoms with van der Waals surface area (Å²) in [6.45, 7) is 3.95. The van der Waals surface area contributed by atoms with E-state index in [1.165, 1.54) is 0 Å². The highest BCUT2D eigenvalue weighted by Gasteiger charge is 2.40. The van der Waals surface area contributed by atoms with Crippen LogP contribution in [0.1, 0.15) is 62.0 Å². The lowest BCUT2D eigenvalue weighted by Gasteiger charge is -2.16. The second-order valence-electron chi connectivity index (χ2n) is 8.96. The minimum absolute atomic E-state index is 0.0525. The third-order valence-corrected chi connectivity index (χ3v) is 6.29. The maximum atomic E-state index is 12.1. The molecule has 2 fully saturated rings. The topological polar surface area (TPSA) is 118 Å². The molecule has 2 saturated carbocycles. The Hall–Kier alpha value is -2.88. The number of aromatic amines is 1. The average molecular weight is 428 g/mol. The molecule has 1 aliphatic heterocycles. The summed E-state index contributed by atoms with van der Waals surface area (Å²) in [7, 11) is 1.66. The first kappa shape index (κ1) is 20.0. The van der Waals surface area contributed by atoms with Crippen molar-refractivity contribution in [3.05, 3.63) is 29.2 Å². The quantitative estimate of drug-likeness (QED) is 0.652. The van der Waals surface area contributed by atoms with Crippen molar-refractivity contribution in [1.29, 1.82) is 0 Å². The van der Waals surface area contributed by atoms with Gasteiger partial charge in [-0.05, 0) is 45.1 Å². The van der Waals surface area contributed by atoms with Crippen molar-refractivity contribution in [2.45, 2.75) is 69.7 Å². The number of nitrogens with zero attached hydrogens (tertiary/aromatic N) is 4. The third-order valence-electron chi connectivity index (χ3n) is 6.29. The summed E-state index contributed by atoms with van der Waals surface area (Å²) in [5, 5.41) is 18.4. The van der Waals surface area contributed by atoms with Gasteiger partial charge in [0.05, 0.1) is 25.4 Å². The van der Waals surface area contributed by atoms with Crippen molar-refractivity contribution in [1.82, 2.24) is 25.3 Å². The summed E-state index contributed by atoms with van der Waals surface area (Å²) in [6, 6.07) is 4.01. The van der Waals surface area contributed by atoms with Crippen LogP contribution in [0.4, 0.5) is 10.6 Å². The number of anilines is 1. The van der Waals surface area contributed by atoms with Gasteiger partial charge < -0.3 is 20.1 Å². The van der Waals surface area contributed by atoms with Gasteiger partial charge >= 0.3 is 6.09 Å². The van der Waals surface area contributed by atoms with Crippen LogP contribution in [-0.2, 0) is 22.6 Å². The van der Waals surface area contributed by atoms with Gasteiger partial charge in [0.15, 0.2) is 11.7 Å². The zero-order chi connectivity index (χ0) is 21.4. The van der Waals surface area contributed by atoms with Crippen LogP contribution in [0.3, 0.4) is 0 Å². The normalized spacial score (nSPS) is 23.7. The number of carbonyl (C=O) groups excluding carboxylic acids is 1. The van der Waals surface area contributed by atoms with Crippen LogP contribution in [0, 0.1) is 0 Å². The Morgan fingerprint density at radius 1 is 1.35 bits per heavy atom. The molecule has 3 N–H and O–H groups in total. The Bertz CT molecular complexity index is 991. The van der Waals surface area contributed by atoms with E-state index in [2.05, 4.69) is 30.9 Å². The molecule has 0 bridgehead atoms. The highest BCUT2D eigenvalue weighted by molar-refractivity contribution is 6.07. The number of hydrogen-bond donors (Lipinski definition) is 3. The monoisotopic (exact) mass is 427 g/mol. The smallest absolute Gasteiger partial charge is 0.407 e. The van der Waals surface area contributed by atoms with Crippen molar-refractivity contribution < 1.29 is 14.3 Å². The number of hydrogen-bond acceptors (Lipinski definition) is 7. The molecule has 166 valence electrons. The van der Waals surface area contributed by atoms with Crippen LogP contribution in [0.5, 0.6) is 0 Å². The van der Waals surface area contributed by atoms with Crippen LogP contribution < -0.4 is 10.6 Å². The number of alkyl carbamates (subject to hydrolysis) is 1. The van der Waals surface area contributed by atoms with Gasteiger partial charge in [-0.25, -0.2) is 4.79 Å². The molecule has 2 aliphatic carbocycles. The minimum Gasteiger partial charge on any atom is -0.446 e. The Morgan fingerprint density at radius 3 is 3.03 bits per heavy atom. The predicted octanol–water partition coefficient (Wildman–Crippen LogP) is 2.54. The number of aliphatic imine (C=N–C) groups is 1. The highest BCUT2D eigenvalue weighted by Crippen LogP contribution is 2.37. The van der Waals surface area contributed by atoms with Crippen molar-refractivity contribution in [2.24, 2.45) is 4.99 Å². The fraction of sp³-hybridized carbons (Fsp3) is 0.619. The Balaban J connectivity index is 1.18. The maximum Gasteiger partial charge on any atom is 0.407 e. The number of rotatable bonds is 6. The van der Waals surface area contributed by atoms with Crippen molar-refractivity contribution >= 4 is 17.7 Å². The van der Waals surface area contributed by atoms with Crippen LogP contribution in [0.25, 0.3) is 0 Å². The number of ether oxygens (including phenoxy) is 2. The summed E-state index contributed by atoms with van der Waals surface area (Å²) < 4.78 is 12.8. The van der Waals surface area contributed by atoms with Gasteiger partial charge in [-0.15, -0.1) is 0 Å². The van der Waals surface area contributed by atoms with Crippen LogP contribution in [0.15, 0.2) is 17.1 Å². The number of methoxy groups -OCH3 is 1. The van der Waals surface area contributed by atoms with Gasteiger partial charge in [-0.2, -0.15) is 10.2 Å². The van der Waals surface area contributed by atoms with Gasteiger partial charge in [0, 0.05) is 30.3 Å². The van der Waals surface area contributed by atoms with Crippen LogP contribution >= 0.6 is 0 Å². The van der Waals surface area contributed by atoms with E-state index in [1.807, 2.05) is 23.7 Å². The summed E-state index contributed by atoms with van der Waals surface area (Å²) >= 11 is 0. The lowest BCUT2D eigenvalue weighted by atomic mass is 10.0. The lowest BCUT2D eigenvalue weighted by molar-refractivity contribution is 0.0967. The molecular weight excluding hydrogens is 398 g/mol. The number of nitrogens with one attached hydrogen (secondary N) is 3. The number of aromatic nitrogens is 4. The Labute approximate surface area is 180 Å². The predicted molar refractivity (Wildman–Crippen MR) is 114 cm³/mol. The van der Waals surface area contributed by atoms with Gasteiger partial charge in [-0.1, -0.05) is 0 Å². The molecule has 31 heavy (non-hydrogen) atoms. The van der Waals surface area contributed by atoms with Crippen molar-refractivity contribution in [3.63, 3.8) is 0 Å². The first-order valence-electron chi connectivity index (χ1n) is 10.9. The summed E-state index contributed by atoms with van der Waals surface area (Å²) in [4.78, 5) is 16.7. The molecule has 0 unspecified atom stereocenters. The van der Waals surface area contributed by atoms with E-state index in [0.29, 0.717) is 19.1 Å². The third kappa shape index (κ3) is 4.43. The fourth-order valence-corrected chi connectivity index (χ4v) is 4.29. The molecule has 3 aliphatic rings. The summed E-state index contributed by atoms with van der Waals surface area (Å²) in [6.07, 6.45) is 4.34. The number of carbonyl (C=O) groups is 1. The van der Waals surface area contributed by atoms with Gasteiger partial charge in [-0.3, -0.25) is 14.8 Å². The van der Waals surface area contributed by atoms with Crippen molar-refractivity contribution in [3.8, 4) is 0 Å². The second kappa shape index (κ2) is 7.99. The van der Waals surface area contributed by atoms with Crippen LogP contribution in [0.2, 0.25) is 0 Å². The van der Waals surface area contributed by atoms with E-state index < -0.39 is 0 Å². The molecule has 5 rings (SSSR count). The minimum atomic E-state index is -0.294. The molecule has 1 amide bonds. The standard InChI is InChI=1S/C21H29N7O3/c1-21(5-6-21)24-20(29)31-15-4-3-13(9-15)16-11-18(26-25-16)23-19-17-10-14(12-30-2)27-28(17)8-7-22-19/h10-11,13,15H,3-9,12H2,1-2H3,(H,24,29)(H2,22,23,25,26)/t13-,15+/m0/s1. The van der Waals surface area contributed by atoms with E-state index in [-0.39, 0.29) is 17.7 Å². The Kier molecular flexibility index (Phi) is 5.17.